The van der Waals surface area contributed by atoms with Crippen LogP contribution in [0.15, 0.2) is 0 Å². The Kier molecular flexibility index (Phi) is 5.42. The van der Waals surface area contributed by atoms with Crippen LogP contribution in [-0.4, -0.2) is 50.3 Å². The minimum Gasteiger partial charge on any atom is -0.378 e. The van der Waals surface area contributed by atoms with Gasteiger partial charge in [0, 0.05) is 24.1 Å². The van der Waals surface area contributed by atoms with Gasteiger partial charge in [0.1, 0.15) is 0 Å². The highest BCUT2D eigenvalue weighted by atomic mass is 16.5. The number of ether oxygens (including phenoxy) is 1. The molecule has 1 aliphatic carbocycles. The van der Waals surface area contributed by atoms with E-state index >= 15 is 0 Å². The summed E-state index contributed by atoms with van der Waals surface area (Å²) in [5.74, 6) is 0. The monoisotopic (exact) mass is 242 g/mol. The molecule has 3 atom stereocenters. The van der Waals surface area contributed by atoms with E-state index in [4.69, 9.17) is 4.74 Å². The SMILES string of the molecule is CCOC1CC(NC(C)CCN(C)C)C1(C)C. The van der Waals surface area contributed by atoms with E-state index < -0.39 is 0 Å². The molecule has 102 valence electrons. The molecule has 3 unspecified atom stereocenters. The van der Waals surface area contributed by atoms with Crippen LogP contribution in [-0.2, 0) is 4.74 Å². The first-order valence-corrected chi connectivity index (χ1v) is 6.90. The summed E-state index contributed by atoms with van der Waals surface area (Å²) in [6.07, 6.45) is 2.80. The summed E-state index contributed by atoms with van der Waals surface area (Å²) in [7, 11) is 4.26. The van der Waals surface area contributed by atoms with Crippen LogP contribution in [0, 0.1) is 5.41 Å². The summed E-state index contributed by atoms with van der Waals surface area (Å²) in [4.78, 5) is 2.24. The quantitative estimate of drug-likeness (QED) is 0.740. The van der Waals surface area contributed by atoms with Crippen LogP contribution < -0.4 is 5.32 Å². The van der Waals surface area contributed by atoms with E-state index in [1.54, 1.807) is 0 Å². The van der Waals surface area contributed by atoms with Crippen LogP contribution in [0.3, 0.4) is 0 Å². The standard InChI is InChI=1S/C14H30N2O/c1-7-17-13-10-12(14(13,3)4)15-11(2)8-9-16(5)6/h11-13,15H,7-10H2,1-6H3. The van der Waals surface area contributed by atoms with Crippen molar-refractivity contribution < 1.29 is 4.74 Å². The molecule has 17 heavy (non-hydrogen) atoms. The Hall–Kier alpha value is -0.120. The summed E-state index contributed by atoms with van der Waals surface area (Å²) in [5.41, 5.74) is 0.280. The van der Waals surface area contributed by atoms with Gasteiger partial charge in [-0.2, -0.15) is 0 Å². The van der Waals surface area contributed by atoms with Crippen molar-refractivity contribution in [1.82, 2.24) is 10.2 Å². The maximum Gasteiger partial charge on any atom is 0.0655 e. The number of nitrogens with zero attached hydrogens (tertiary/aromatic N) is 1. The van der Waals surface area contributed by atoms with Gasteiger partial charge in [-0.05, 0) is 47.3 Å². The second kappa shape index (κ2) is 6.17. The third-order valence-electron chi connectivity index (χ3n) is 4.04. The van der Waals surface area contributed by atoms with Crippen LogP contribution in [0.4, 0.5) is 0 Å². The Labute approximate surface area is 107 Å². The second-order valence-corrected chi connectivity index (χ2v) is 6.21. The van der Waals surface area contributed by atoms with Gasteiger partial charge in [0.25, 0.3) is 0 Å². The molecule has 0 aromatic heterocycles. The Bertz CT molecular complexity index is 228. The summed E-state index contributed by atoms with van der Waals surface area (Å²) in [6.45, 7) is 11.0. The summed E-state index contributed by atoms with van der Waals surface area (Å²) in [5, 5.41) is 3.74. The van der Waals surface area contributed by atoms with Crippen LogP contribution in [0.2, 0.25) is 0 Å². The number of nitrogens with one attached hydrogen (secondary N) is 1. The van der Waals surface area contributed by atoms with E-state index in [0.717, 1.165) is 19.6 Å². The second-order valence-electron chi connectivity index (χ2n) is 6.21. The topological polar surface area (TPSA) is 24.5 Å². The molecule has 0 saturated heterocycles. The van der Waals surface area contributed by atoms with Gasteiger partial charge in [0.2, 0.25) is 0 Å². The summed E-state index contributed by atoms with van der Waals surface area (Å²) < 4.78 is 5.75. The lowest BCUT2D eigenvalue weighted by Crippen LogP contribution is -2.62. The highest BCUT2D eigenvalue weighted by Crippen LogP contribution is 2.42. The molecule has 0 spiro atoms. The van der Waals surface area contributed by atoms with Crippen LogP contribution >= 0.6 is 0 Å². The zero-order valence-corrected chi connectivity index (χ0v) is 12.4. The number of rotatable bonds is 7. The Morgan fingerprint density at radius 2 is 2.06 bits per heavy atom. The molecule has 1 aliphatic rings. The smallest absolute Gasteiger partial charge is 0.0655 e. The fourth-order valence-corrected chi connectivity index (χ4v) is 2.53. The van der Waals surface area contributed by atoms with Crippen molar-refractivity contribution in [2.45, 2.75) is 58.7 Å². The third-order valence-corrected chi connectivity index (χ3v) is 4.04. The van der Waals surface area contributed by atoms with Gasteiger partial charge in [-0.3, -0.25) is 0 Å². The molecule has 3 nitrogen and oxygen atoms in total. The van der Waals surface area contributed by atoms with Gasteiger partial charge < -0.3 is 15.0 Å². The predicted molar refractivity (Wildman–Crippen MR) is 73.4 cm³/mol. The van der Waals surface area contributed by atoms with Crippen molar-refractivity contribution >= 4 is 0 Å². The van der Waals surface area contributed by atoms with Crippen molar-refractivity contribution in [3.63, 3.8) is 0 Å². The Morgan fingerprint density at radius 3 is 2.53 bits per heavy atom. The average molecular weight is 242 g/mol. The van der Waals surface area contributed by atoms with E-state index in [-0.39, 0.29) is 5.41 Å². The van der Waals surface area contributed by atoms with Crippen LogP contribution in [0.5, 0.6) is 0 Å². The molecule has 1 fully saturated rings. The molecule has 1 N–H and O–H groups in total. The molecule has 0 aromatic carbocycles. The first kappa shape index (κ1) is 14.9. The lowest BCUT2D eigenvalue weighted by molar-refractivity contribution is -0.116. The van der Waals surface area contributed by atoms with Crippen molar-refractivity contribution in [3.05, 3.63) is 0 Å². The minimum atomic E-state index is 0.280. The predicted octanol–water partition coefficient (Wildman–Crippen LogP) is 2.12. The van der Waals surface area contributed by atoms with Gasteiger partial charge in [-0.25, -0.2) is 0 Å². The van der Waals surface area contributed by atoms with Gasteiger partial charge >= 0.3 is 0 Å². The van der Waals surface area contributed by atoms with Gasteiger partial charge in [0.15, 0.2) is 0 Å². The summed E-state index contributed by atoms with van der Waals surface area (Å²) >= 11 is 0. The van der Waals surface area contributed by atoms with Crippen LogP contribution in [0.1, 0.15) is 40.5 Å². The van der Waals surface area contributed by atoms with Crippen molar-refractivity contribution in [1.29, 1.82) is 0 Å². The number of hydrogen-bond acceptors (Lipinski definition) is 3. The van der Waals surface area contributed by atoms with E-state index in [9.17, 15) is 0 Å². The van der Waals surface area contributed by atoms with E-state index in [0.29, 0.717) is 18.2 Å². The lowest BCUT2D eigenvalue weighted by Gasteiger charge is -2.52. The molecule has 0 bridgehead atoms. The molecule has 0 aromatic rings. The van der Waals surface area contributed by atoms with Crippen LogP contribution in [0.25, 0.3) is 0 Å². The fourth-order valence-electron chi connectivity index (χ4n) is 2.53. The molecule has 1 rings (SSSR count). The molecule has 0 heterocycles. The zero-order chi connectivity index (χ0) is 13.1. The van der Waals surface area contributed by atoms with Gasteiger partial charge in [0.05, 0.1) is 6.10 Å². The first-order valence-electron chi connectivity index (χ1n) is 6.90. The highest BCUT2D eigenvalue weighted by Gasteiger charge is 2.48. The van der Waals surface area contributed by atoms with E-state index in [1.165, 1.54) is 6.42 Å². The maximum atomic E-state index is 5.75. The number of hydrogen-bond donors (Lipinski definition) is 1. The Morgan fingerprint density at radius 1 is 1.41 bits per heavy atom. The minimum absolute atomic E-state index is 0.280. The Balaban J connectivity index is 2.29. The largest absolute Gasteiger partial charge is 0.378 e. The zero-order valence-electron chi connectivity index (χ0n) is 12.4. The van der Waals surface area contributed by atoms with Crippen molar-refractivity contribution in [2.75, 3.05) is 27.2 Å². The molecule has 3 heteroatoms. The molecular weight excluding hydrogens is 212 g/mol. The fraction of sp³-hybridized carbons (Fsp3) is 1.00. The van der Waals surface area contributed by atoms with Gasteiger partial charge in [-0.1, -0.05) is 13.8 Å². The first-order chi connectivity index (χ1) is 7.87. The molecule has 0 radical (unpaired) electrons. The third kappa shape index (κ3) is 3.94. The molecule has 0 amide bonds. The van der Waals surface area contributed by atoms with Crippen molar-refractivity contribution in [3.8, 4) is 0 Å². The normalized spacial score (nSPS) is 29.1. The maximum absolute atomic E-state index is 5.75. The summed E-state index contributed by atoms with van der Waals surface area (Å²) in [6, 6.07) is 1.19. The van der Waals surface area contributed by atoms with Gasteiger partial charge in [-0.15, -0.1) is 0 Å². The molecule has 1 saturated carbocycles. The van der Waals surface area contributed by atoms with E-state index in [1.807, 2.05) is 0 Å². The average Bonchev–Trinajstić information content (AvgIpc) is 2.25. The van der Waals surface area contributed by atoms with Crippen molar-refractivity contribution in [2.24, 2.45) is 5.41 Å². The highest BCUT2D eigenvalue weighted by molar-refractivity contribution is 5.03. The molecule has 0 aliphatic heterocycles. The van der Waals surface area contributed by atoms with E-state index in [2.05, 4.69) is 52.0 Å². The molecular formula is C14H30N2O. The lowest BCUT2D eigenvalue weighted by atomic mass is 9.64.